The van der Waals surface area contributed by atoms with Crippen molar-refractivity contribution in [2.24, 2.45) is 28.6 Å². The molecule has 3 fully saturated rings. The van der Waals surface area contributed by atoms with Crippen LogP contribution in [0.25, 0.3) is 0 Å². The zero-order valence-corrected chi connectivity index (χ0v) is 26.8. The van der Waals surface area contributed by atoms with Crippen LogP contribution in [0.2, 0.25) is 0 Å². The normalized spacial score (nSPS) is 38.6. The molecule has 0 heterocycles. The number of ether oxygens (including phenoxy) is 2. The zero-order valence-electron chi connectivity index (χ0n) is 26.0. The SMILES string of the molecule is CCCCCCC[C@]12C[C@H](O)C3(Cl)[C@@H](CCC4=CC(=O)C=C[C@@]43C)[C@@H]1C[C@H](C)[C@]2(OC(=O)CC)C(=O)COC(=O)CC. The third-order valence-corrected chi connectivity index (χ3v) is 12.2. The summed E-state index contributed by atoms with van der Waals surface area (Å²) >= 11 is 7.68. The number of aliphatic hydroxyl groups excluding tert-OH is 1. The molecule has 4 aliphatic rings. The van der Waals surface area contributed by atoms with Gasteiger partial charge in [0.1, 0.15) is 0 Å². The molecule has 234 valence electrons. The number of ketones is 2. The molecule has 0 aliphatic heterocycles. The van der Waals surface area contributed by atoms with E-state index in [1.165, 1.54) is 0 Å². The minimum absolute atomic E-state index is 0.0693. The summed E-state index contributed by atoms with van der Waals surface area (Å²) in [5, 5.41) is 12.2. The summed E-state index contributed by atoms with van der Waals surface area (Å²) in [4.78, 5) is 50.9. The number of hydrogen-bond acceptors (Lipinski definition) is 7. The summed E-state index contributed by atoms with van der Waals surface area (Å²) in [6, 6.07) is 0. The van der Waals surface area contributed by atoms with E-state index in [2.05, 4.69) is 6.92 Å². The lowest BCUT2D eigenvalue weighted by atomic mass is 9.44. The molecule has 1 unspecified atom stereocenters. The predicted octanol–water partition coefficient (Wildman–Crippen LogP) is 6.43. The van der Waals surface area contributed by atoms with Gasteiger partial charge in [-0.2, -0.15) is 0 Å². The van der Waals surface area contributed by atoms with Gasteiger partial charge < -0.3 is 14.6 Å². The third-order valence-electron chi connectivity index (χ3n) is 11.3. The smallest absolute Gasteiger partial charge is 0.306 e. The van der Waals surface area contributed by atoms with Gasteiger partial charge in [0, 0.05) is 29.6 Å². The molecule has 3 saturated carbocycles. The van der Waals surface area contributed by atoms with Crippen LogP contribution in [0.5, 0.6) is 0 Å². The second-order valence-corrected chi connectivity index (χ2v) is 13.9. The Morgan fingerprint density at radius 3 is 2.40 bits per heavy atom. The van der Waals surface area contributed by atoms with Crippen LogP contribution in [0, 0.1) is 28.6 Å². The number of esters is 2. The highest BCUT2D eigenvalue weighted by molar-refractivity contribution is 6.26. The van der Waals surface area contributed by atoms with Crippen molar-refractivity contribution in [2.45, 2.75) is 128 Å². The van der Waals surface area contributed by atoms with Crippen LogP contribution in [0.4, 0.5) is 0 Å². The van der Waals surface area contributed by atoms with Gasteiger partial charge in [-0.15, -0.1) is 11.6 Å². The monoisotopic (exact) mass is 604 g/mol. The molecule has 1 N–H and O–H groups in total. The minimum Gasteiger partial charge on any atom is -0.457 e. The van der Waals surface area contributed by atoms with Gasteiger partial charge in [0.2, 0.25) is 5.78 Å². The Hall–Kier alpha value is -1.99. The van der Waals surface area contributed by atoms with Crippen molar-refractivity contribution < 1.29 is 33.8 Å². The Labute approximate surface area is 255 Å². The van der Waals surface area contributed by atoms with Gasteiger partial charge >= 0.3 is 11.9 Å². The van der Waals surface area contributed by atoms with Gasteiger partial charge in [-0.3, -0.25) is 19.2 Å². The van der Waals surface area contributed by atoms with Crippen LogP contribution in [0.15, 0.2) is 23.8 Å². The van der Waals surface area contributed by atoms with Gasteiger partial charge in [-0.05, 0) is 56.1 Å². The van der Waals surface area contributed by atoms with Crippen molar-refractivity contribution in [3.8, 4) is 0 Å². The number of halogens is 1. The molecule has 7 nitrogen and oxygen atoms in total. The number of carbonyl (C=O) groups is 4. The van der Waals surface area contributed by atoms with E-state index < -0.39 is 51.7 Å². The van der Waals surface area contributed by atoms with Gasteiger partial charge in [-0.25, -0.2) is 0 Å². The summed E-state index contributed by atoms with van der Waals surface area (Å²) in [5.41, 5.74) is -2.21. The molecule has 0 aromatic carbocycles. The van der Waals surface area contributed by atoms with E-state index in [1.54, 1.807) is 26.0 Å². The maximum Gasteiger partial charge on any atom is 0.306 e. The lowest BCUT2D eigenvalue weighted by molar-refractivity contribution is -0.209. The average molecular weight is 605 g/mol. The summed E-state index contributed by atoms with van der Waals surface area (Å²) < 4.78 is 11.7. The van der Waals surface area contributed by atoms with E-state index in [1.807, 2.05) is 19.9 Å². The number of aliphatic hydroxyl groups is 1. The summed E-state index contributed by atoms with van der Waals surface area (Å²) in [6.07, 6.45) is 12.1. The lowest BCUT2D eigenvalue weighted by Crippen LogP contribution is -2.70. The first-order valence-corrected chi connectivity index (χ1v) is 16.5. The van der Waals surface area contributed by atoms with Crippen molar-refractivity contribution in [2.75, 3.05) is 6.61 Å². The lowest BCUT2D eigenvalue weighted by Gasteiger charge is -2.64. The summed E-state index contributed by atoms with van der Waals surface area (Å²) in [5.74, 6) is -2.10. The molecule has 8 atom stereocenters. The van der Waals surface area contributed by atoms with Crippen molar-refractivity contribution in [1.29, 1.82) is 0 Å². The van der Waals surface area contributed by atoms with Crippen LogP contribution in [0.1, 0.15) is 112 Å². The van der Waals surface area contributed by atoms with Crippen LogP contribution >= 0.6 is 11.6 Å². The largest absolute Gasteiger partial charge is 0.457 e. The fraction of sp³-hybridized carbons (Fsp3) is 0.765. The predicted molar refractivity (Wildman–Crippen MR) is 161 cm³/mol. The maximum atomic E-state index is 14.4. The first-order valence-electron chi connectivity index (χ1n) is 16.1. The Morgan fingerprint density at radius 1 is 1.05 bits per heavy atom. The van der Waals surface area contributed by atoms with Gasteiger partial charge in [0.25, 0.3) is 0 Å². The summed E-state index contributed by atoms with van der Waals surface area (Å²) in [6.45, 7) is 9.04. The number of fused-ring (bicyclic) bond motifs is 5. The first-order chi connectivity index (χ1) is 19.9. The number of rotatable bonds is 12. The van der Waals surface area contributed by atoms with Crippen LogP contribution < -0.4 is 0 Å². The van der Waals surface area contributed by atoms with E-state index >= 15 is 0 Å². The number of unbranched alkanes of at least 4 members (excludes halogenated alkanes) is 4. The number of carbonyl (C=O) groups excluding carboxylic acids is 4. The summed E-state index contributed by atoms with van der Waals surface area (Å²) in [7, 11) is 0. The van der Waals surface area contributed by atoms with Crippen molar-refractivity contribution >= 4 is 35.1 Å². The van der Waals surface area contributed by atoms with Crippen molar-refractivity contribution in [3.63, 3.8) is 0 Å². The molecule has 0 saturated heterocycles. The van der Waals surface area contributed by atoms with Gasteiger partial charge in [-0.1, -0.05) is 78.4 Å². The number of Topliss-reactive ketones (excluding diaryl/α,β-unsaturated/α-hetero) is 1. The fourth-order valence-electron chi connectivity index (χ4n) is 9.24. The molecular formula is C34H49ClO7. The van der Waals surface area contributed by atoms with E-state index in [0.29, 0.717) is 25.7 Å². The fourth-order valence-corrected chi connectivity index (χ4v) is 9.77. The molecule has 0 spiro atoms. The van der Waals surface area contributed by atoms with Gasteiger partial charge in [0.15, 0.2) is 18.0 Å². The molecule has 0 amide bonds. The third kappa shape index (κ3) is 5.00. The zero-order chi connectivity index (χ0) is 30.9. The topological polar surface area (TPSA) is 107 Å². The van der Waals surface area contributed by atoms with Gasteiger partial charge in [0.05, 0.1) is 11.0 Å². The molecular weight excluding hydrogens is 556 g/mol. The van der Waals surface area contributed by atoms with E-state index in [9.17, 15) is 24.3 Å². The maximum absolute atomic E-state index is 14.4. The van der Waals surface area contributed by atoms with Crippen LogP contribution in [0.3, 0.4) is 0 Å². The second kappa shape index (κ2) is 12.6. The molecule has 0 aromatic heterocycles. The Bertz CT molecular complexity index is 1140. The molecule has 0 aromatic rings. The highest BCUT2D eigenvalue weighted by Gasteiger charge is 2.77. The molecule has 0 radical (unpaired) electrons. The molecule has 8 heteroatoms. The Balaban J connectivity index is 1.85. The minimum atomic E-state index is -1.54. The molecule has 4 rings (SSSR count). The Kier molecular flexibility index (Phi) is 9.84. The van der Waals surface area contributed by atoms with Crippen molar-refractivity contribution in [3.05, 3.63) is 23.8 Å². The molecule has 0 bridgehead atoms. The van der Waals surface area contributed by atoms with E-state index in [0.717, 1.165) is 37.7 Å². The highest BCUT2D eigenvalue weighted by Crippen LogP contribution is 2.73. The highest BCUT2D eigenvalue weighted by atomic mass is 35.5. The average Bonchev–Trinajstić information content (AvgIpc) is 3.20. The molecule has 42 heavy (non-hydrogen) atoms. The quantitative estimate of drug-likeness (QED) is 0.155. The number of alkyl halides is 1. The second-order valence-electron chi connectivity index (χ2n) is 13.3. The first kappa shape index (κ1) is 32.9. The number of hydrogen-bond donors (Lipinski definition) is 1. The van der Waals surface area contributed by atoms with Crippen LogP contribution in [-0.4, -0.2) is 51.8 Å². The van der Waals surface area contributed by atoms with Crippen molar-refractivity contribution in [1.82, 2.24) is 0 Å². The van der Waals surface area contributed by atoms with E-state index in [4.69, 9.17) is 21.1 Å². The standard InChI is InChI=1S/C34H49ClO7/c1-6-9-10-11-12-16-32-20-27(37)33(35)25(14-13-23-19-24(36)15-17-31(23,33)5)26(32)18-22(4)34(32,42-30(40)8-3)28(38)21-41-29(39)7-2/h15,17,19,22,25-27,37H,6-14,16,18,20-21H2,1-5H3/t22-,25-,26-,27-,31-,32-,33?,34-/m0/s1. The molecule has 4 aliphatic carbocycles. The van der Waals surface area contributed by atoms with Crippen LogP contribution in [-0.2, 0) is 28.7 Å². The Morgan fingerprint density at radius 2 is 1.74 bits per heavy atom. The van der Waals surface area contributed by atoms with E-state index in [-0.39, 0.29) is 42.8 Å². The number of allylic oxidation sites excluding steroid dienone is 4.